The van der Waals surface area contributed by atoms with Crippen molar-refractivity contribution in [1.29, 1.82) is 0 Å². The molecule has 0 radical (unpaired) electrons. The zero-order valence-corrected chi connectivity index (χ0v) is 12.0. The smallest absolute Gasteiger partial charge is 0.343 e. The normalized spacial score (nSPS) is 20.4. The molecule has 1 N–H and O–H groups in total. The van der Waals surface area contributed by atoms with Crippen molar-refractivity contribution in [3.8, 4) is 5.75 Å². The number of methoxy groups -OCH3 is 1. The Kier molecular flexibility index (Phi) is 4.49. The van der Waals surface area contributed by atoms with Gasteiger partial charge >= 0.3 is 5.97 Å². The molecular formula is C13H17NO5S. The number of hydrogen-bond donors (Lipinski definition) is 1. The third kappa shape index (κ3) is 4.12. The minimum atomic E-state index is -2.88. The zero-order chi connectivity index (χ0) is 14.6. The van der Waals surface area contributed by atoms with Crippen LogP contribution in [0.2, 0.25) is 0 Å². The highest BCUT2D eigenvalue weighted by atomic mass is 32.2. The van der Waals surface area contributed by atoms with Crippen LogP contribution < -0.4 is 10.1 Å². The lowest BCUT2D eigenvalue weighted by Crippen LogP contribution is -2.20. The molecule has 0 aromatic heterocycles. The summed E-state index contributed by atoms with van der Waals surface area (Å²) < 4.78 is 32.4. The molecule has 7 heteroatoms. The van der Waals surface area contributed by atoms with Crippen molar-refractivity contribution in [3.63, 3.8) is 0 Å². The van der Waals surface area contributed by atoms with Crippen LogP contribution in [-0.4, -0.2) is 45.7 Å². The van der Waals surface area contributed by atoms with Crippen LogP contribution in [0, 0.1) is 0 Å². The molecule has 0 spiro atoms. The number of carbonyl (C=O) groups is 1. The zero-order valence-electron chi connectivity index (χ0n) is 11.2. The van der Waals surface area contributed by atoms with Crippen molar-refractivity contribution in [2.24, 2.45) is 0 Å². The number of carbonyl (C=O) groups excluding carboxylic acids is 1. The van der Waals surface area contributed by atoms with Crippen LogP contribution in [0.25, 0.3) is 0 Å². The van der Waals surface area contributed by atoms with Crippen molar-refractivity contribution < 1.29 is 22.7 Å². The first-order valence-electron chi connectivity index (χ1n) is 6.25. The fraction of sp³-hybridized carbons (Fsp3) is 0.462. The Hall–Kier alpha value is -1.76. The second-order valence-corrected chi connectivity index (χ2v) is 6.86. The number of nitrogens with one attached hydrogen (secondary N) is 1. The summed E-state index contributed by atoms with van der Waals surface area (Å²) in [5.41, 5.74) is 0.831. The number of esters is 1. The summed E-state index contributed by atoms with van der Waals surface area (Å²) in [7, 11) is -1.58. The van der Waals surface area contributed by atoms with E-state index in [2.05, 4.69) is 10.1 Å². The Morgan fingerprint density at radius 1 is 1.35 bits per heavy atom. The molecule has 1 saturated heterocycles. The van der Waals surface area contributed by atoms with Crippen molar-refractivity contribution in [1.82, 2.24) is 0 Å². The van der Waals surface area contributed by atoms with Gasteiger partial charge in [0.15, 0.2) is 16.4 Å². The maximum atomic E-state index is 11.4. The first-order valence-corrected chi connectivity index (χ1v) is 8.07. The Balaban J connectivity index is 1.87. The Morgan fingerprint density at radius 3 is 2.60 bits per heavy atom. The molecule has 0 saturated carbocycles. The lowest BCUT2D eigenvalue weighted by Gasteiger charge is -2.13. The van der Waals surface area contributed by atoms with Gasteiger partial charge in [-0.2, -0.15) is 0 Å². The highest BCUT2D eigenvalue weighted by molar-refractivity contribution is 7.91. The van der Waals surface area contributed by atoms with Crippen LogP contribution in [0.1, 0.15) is 6.42 Å². The highest BCUT2D eigenvalue weighted by Crippen LogP contribution is 2.20. The van der Waals surface area contributed by atoms with E-state index in [1.54, 1.807) is 24.3 Å². The average Bonchev–Trinajstić information content (AvgIpc) is 2.76. The summed E-state index contributed by atoms with van der Waals surface area (Å²) in [4.78, 5) is 10.9. The molecule has 0 aliphatic carbocycles. The number of rotatable bonds is 5. The molecule has 2 rings (SSSR count). The Morgan fingerprint density at radius 2 is 2.05 bits per heavy atom. The van der Waals surface area contributed by atoms with E-state index in [-0.39, 0.29) is 24.2 Å². The van der Waals surface area contributed by atoms with Gasteiger partial charge in [-0.3, -0.25) is 0 Å². The summed E-state index contributed by atoms with van der Waals surface area (Å²) in [5.74, 6) is 0.529. The van der Waals surface area contributed by atoms with Gasteiger partial charge in [-0.1, -0.05) is 0 Å². The first-order chi connectivity index (χ1) is 9.48. The van der Waals surface area contributed by atoms with Crippen LogP contribution in [0.5, 0.6) is 5.75 Å². The fourth-order valence-corrected chi connectivity index (χ4v) is 3.67. The molecule has 1 fully saturated rings. The minimum absolute atomic E-state index is 0.0400. The van der Waals surface area contributed by atoms with Crippen molar-refractivity contribution >= 4 is 21.5 Å². The van der Waals surface area contributed by atoms with Crippen LogP contribution in [-0.2, 0) is 19.4 Å². The molecular weight excluding hydrogens is 282 g/mol. The topological polar surface area (TPSA) is 81.7 Å². The monoisotopic (exact) mass is 299 g/mol. The predicted octanol–water partition coefficient (Wildman–Crippen LogP) is 0.837. The number of ether oxygens (including phenoxy) is 2. The fourth-order valence-electron chi connectivity index (χ4n) is 1.99. The molecule has 0 bridgehead atoms. The van der Waals surface area contributed by atoms with E-state index in [0.717, 1.165) is 5.69 Å². The lowest BCUT2D eigenvalue weighted by molar-refractivity contribution is -0.142. The number of sulfone groups is 1. The SMILES string of the molecule is COC(=O)COc1ccc(NC2CCS(=O)(=O)C2)cc1. The summed E-state index contributed by atoms with van der Waals surface area (Å²) >= 11 is 0. The van der Waals surface area contributed by atoms with Gasteiger partial charge in [-0.05, 0) is 30.7 Å². The van der Waals surface area contributed by atoms with E-state index in [9.17, 15) is 13.2 Å². The second-order valence-electron chi connectivity index (χ2n) is 4.63. The Labute approximate surface area is 118 Å². The second kappa shape index (κ2) is 6.13. The molecule has 1 unspecified atom stereocenters. The van der Waals surface area contributed by atoms with Crippen molar-refractivity contribution in [2.75, 3.05) is 30.5 Å². The van der Waals surface area contributed by atoms with Gasteiger partial charge < -0.3 is 14.8 Å². The van der Waals surface area contributed by atoms with E-state index in [1.807, 2.05) is 0 Å². The number of anilines is 1. The minimum Gasteiger partial charge on any atom is -0.482 e. The summed E-state index contributed by atoms with van der Waals surface area (Å²) in [6, 6.07) is 6.97. The van der Waals surface area contributed by atoms with E-state index < -0.39 is 15.8 Å². The third-order valence-corrected chi connectivity index (χ3v) is 4.81. The molecule has 1 atom stereocenters. The lowest BCUT2D eigenvalue weighted by atomic mass is 10.2. The van der Waals surface area contributed by atoms with Crippen molar-refractivity contribution in [2.45, 2.75) is 12.5 Å². The summed E-state index contributed by atoms with van der Waals surface area (Å²) in [6.07, 6.45) is 0.628. The molecule has 110 valence electrons. The van der Waals surface area contributed by atoms with E-state index >= 15 is 0 Å². The van der Waals surface area contributed by atoms with E-state index in [0.29, 0.717) is 12.2 Å². The largest absolute Gasteiger partial charge is 0.482 e. The van der Waals surface area contributed by atoms with Gasteiger partial charge in [0.2, 0.25) is 0 Å². The maximum Gasteiger partial charge on any atom is 0.343 e. The Bertz CT molecular complexity index is 567. The van der Waals surface area contributed by atoms with E-state index in [4.69, 9.17) is 4.74 Å². The standard InChI is InChI=1S/C13H17NO5S/c1-18-13(15)8-19-12-4-2-10(3-5-12)14-11-6-7-20(16,17)9-11/h2-5,11,14H,6-9H2,1H3. The molecule has 0 amide bonds. The van der Waals surface area contributed by atoms with Crippen LogP contribution in [0.3, 0.4) is 0 Å². The molecule has 1 aliphatic rings. The third-order valence-electron chi connectivity index (χ3n) is 3.04. The van der Waals surface area contributed by atoms with Crippen LogP contribution >= 0.6 is 0 Å². The number of benzene rings is 1. The van der Waals surface area contributed by atoms with Crippen LogP contribution in [0.15, 0.2) is 24.3 Å². The summed E-state index contributed by atoms with van der Waals surface area (Å²) in [6.45, 7) is -0.135. The molecule has 1 aromatic rings. The van der Waals surface area contributed by atoms with Crippen molar-refractivity contribution in [3.05, 3.63) is 24.3 Å². The van der Waals surface area contributed by atoms with E-state index in [1.165, 1.54) is 7.11 Å². The predicted molar refractivity (Wildman–Crippen MR) is 74.6 cm³/mol. The first kappa shape index (κ1) is 14.6. The average molecular weight is 299 g/mol. The highest BCUT2D eigenvalue weighted by Gasteiger charge is 2.27. The van der Waals surface area contributed by atoms with Crippen LogP contribution in [0.4, 0.5) is 5.69 Å². The van der Waals surface area contributed by atoms with Gasteiger partial charge in [-0.15, -0.1) is 0 Å². The van der Waals surface area contributed by atoms with Gasteiger partial charge in [0, 0.05) is 11.7 Å². The van der Waals surface area contributed by atoms with Gasteiger partial charge in [-0.25, -0.2) is 13.2 Å². The number of hydrogen-bond acceptors (Lipinski definition) is 6. The van der Waals surface area contributed by atoms with Gasteiger partial charge in [0.1, 0.15) is 5.75 Å². The van der Waals surface area contributed by atoms with Gasteiger partial charge in [0.25, 0.3) is 0 Å². The van der Waals surface area contributed by atoms with Gasteiger partial charge in [0.05, 0.1) is 18.6 Å². The molecule has 20 heavy (non-hydrogen) atoms. The molecule has 1 aromatic carbocycles. The molecule has 1 aliphatic heterocycles. The molecule has 1 heterocycles. The summed E-state index contributed by atoms with van der Waals surface area (Å²) in [5, 5.41) is 3.17. The maximum absolute atomic E-state index is 11.4. The quantitative estimate of drug-likeness (QED) is 0.811. The molecule has 6 nitrogen and oxygen atoms in total.